The van der Waals surface area contributed by atoms with Crippen LogP contribution in [-0.2, 0) is 11.3 Å². The number of benzene rings is 2. The van der Waals surface area contributed by atoms with E-state index in [1.54, 1.807) is 11.2 Å². The second kappa shape index (κ2) is 10.6. The van der Waals surface area contributed by atoms with Crippen LogP contribution in [0.5, 0.6) is 0 Å². The Morgan fingerprint density at radius 3 is 2.20 bits per heavy atom. The van der Waals surface area contributed by atoms with E-state index >= 15 is 0 Å². The number of amides is 2. The van der Waals surface area contributed by atoms with Gasteiger partial charge in [-0.1, -0.05) is 60.3 Å². The van der Waals surface area contributed by atoms with E-state index in [9.17, 15) is 9.59 Å². The van der Waals surface area contributed by atoms with Crippen LogP contribution >= 0.6 is 11.8 Å². The second-order valence-corrected chi connectivity index (χ2v) is 9.13. The first-order valence-electron chi connectivity index (χ1n) is 11.4. The smallest absolute Gasteiger partial charge is 0.253 e. The molecule has 0 bridgehead atoms. The summed E-state index contributed by atoms with van der Waals surface area (Å²) in [5.41, 5.74) is 1.78. The first kappa shape index (κ1) is 22.9. The fraction of sp³-hybridized carbons (Fsp3) is 0.231. The number of furan rings is 1. The summed E-state index contributed by atoms with van der Waals surface area (Å²) in [5, 5.41) is 9.34. The lowest BCUT2D eigenvalue weighted by molar-refractivity contribution is -0.129. The number of hydrogen-bond donors (Lipinski definition) is 0. The van der Waals surface area contributed by atoms with Crippen molar-refractivity contribution in [3.63, 3.8) is 0 Å². The third-order valence-electron chi connectivity index (χ3n) is 5.91. The fourth-order valence-corrected chi connectivity index (χ4v) is 4.87. The standard InChI is InChI=1S/C26H25N5O3S/c32-23(29-13-15-30(16-14-29)25(33)21-10-5-2-6-11-21)19-35-26-28-27-24(22-12-7-17-34-22)31(26)18-20-8-3-1-4-9-20/h1-12,17H,13-16,18-19H2. The van der Waals surface area contributed by atoms with Gasteiger partial charge in [-0.25, -0.2) is 0 Å². The minimum Gasteiger partial charge on any atom is -0.461 e. The summed E-state index contributed by atoms with van der Waals surface area (Å²) in [6, 6.07) is 23.0. The highest BCUT2D eigenvalue weighted by molar-refractivity contribution is 7.99. The van der Waals surface area contributed by atoms with Gasteiger partial charge in [0.05, 0.1) is 18.6 Å². The minimum absolute atomic E-state index is 0.00606. The average Bonchev–Trinajstić information content (AvgIpc) is 3.58. The predicted octanol–water partition coefficient (Wildman–Crippen LogP) is 3.66. The van der Waals surface area contributed by atoms with Crippen LogP contribution in [0.15, 0.2) is 88.6 Å². The van der Waals surface area contributed by atoms with E-state index in [2.05, 4.69) is 10.2 Å². The molecule has 1 fully saturated rings. The summed E-state index contributed by atoms with van der Waals surface area (Å²) in [5.74, 6) is 1.53. The number of carbonyl (C=O) groups is 2. The third-order valence-corrected chi connectivity index (χ3v) is 6.86. The van der Waals surface area contributed by atoms with Crippen LogP contribution in [0.4, 0.5) is 0 Å². The lowest BCUT2D eigenvalue weighted by atomic mass is 10.2. The Hall–Kier alpha value is -3.85. The number of rotatable bonds is 7. The van der Waals surface area contributed by atoms with Crippen LogP contribution in [0, 0.1) is 0 Å². The first-order chi connectivity index (χ1) is 17.2. The molecule has 1 saturated heterocycles. The van der Waals surface area contributed by atoms with Gasteiger partial charge in [0.1, 0.15) is 0 Å². The van der Waals surface area contributed by atoms with Crippen LogP contribution in [0.2, 0.25) is 0 Å². The molecule has 2 aromatic heterocycles. The summed E-state index contributed by atoms with van der Waals surface area (Å²) in [6.07, 6.45) is 1.61. The first-order valence-corrected chi connectivity index (χ1v) is 12.4. The number of hydrogen-bond acceptors (Lipinski definition) is 6. The molecule has 0 unspecified atom stereocenters. The van der Waals surface area contributed by atoms with E-state index in [1.165, 1.54) is 11.8 Å². The molecule has 0 radical (unpaired) electrons. The molecule has 1 aliphatic heterocycles. The molecule has 5 rings (SSSR count). The fourth-order valence-electron chi connectivity index (χ4n) is 4.03. The van der Waals surface area contributed by atoms with Crippen LogP contribution in [0.3, 0.4) is 0 Å². The predicted molar refractivity (Wildman–Crippen MR) is 133 cm³/mol. The highest BCUT2D eigenvalue weighted by Crippen LogP contribution is 2.26. The van der Waals surface area contributed by atoms with Gasteiger partial charge in [-0.3, -0.25) is 14.2 Å². The lowest BCUT2D eigenvalue weighted by Crippen LogP contribution is -2.51. The van der Waals surface area contributed by atoms with Crippen LogP contribution in [0.1, 0.15) is 15.9 Å². The van der Waals surface area contributed by atoms with Gasteiger partial charge < -0.3 is 14.2 Å². The van der Waals surface area contributed by atoms with E-state index in [4.69, 9.17) is 4.42 Å². The molecule has 9 heteroatoms. The molecule has 2 amide bonds. The van der Waals surface area contributed by atoms with Gasteiger partial charge in [0, 0.05) is 31.7 Å². The zero-order chi connectivity index (χ0) is 24.0. The van der Waals surface area contributed by atoms with Gasteiger partial charge in [0.15, 0.2) is 10.9 Å². The molecular formula is C26H25N5O3S. The molecular weight excluding hydrogens is 462 g/mol. The zero-order valence-corrected chi connectivity index (χ0v) is 19.9. The van der Waals surface area contributed by atoms with Crippen molar-refractivity contribution in [2.45, 2.75) is 11.7 Å². The Labute approximate surface area is 207 Å². The Kier molecular flexibility index (Phi) is 6.94. The molecule has 3 heterocycles. The number of aromatic nitrogens is 3. The Morgan fingerprint density at radius 1 is 0.829 bits per heavy atom. The van der Waals surface area contributed by atoms with Gasteiger partial charge in [0.2, 0.25) is 11.7 Å². The van der Waals surface area contributed by atoms with E-state index in [-0.39, 0.29) is 17.6 Å². The van der Waals surface area contributed by atoms with Crippen LogP contribution in [-0.4, -0.2) is 68.3 Å². The molecule has 178 valence electrons. The summed E-state index contributed by atoms with van der Waals surface area (Å²) in [6.45, 7) is 2.66. The number of thioether (sulfide) groups is 1. The lowest BCUT2D eigenvalue weighted by Gasteiger charge is -2.34. The van der Waals surface area contributed by atoms with Gasteiger partial charge in [-0.05, 0) is 29.8 Å². The van der Waals surface area contributed by atoms with Crippen LogP contribution < -0.4 is 0 Å². The highest BCUT2D eigenvalue weighted by Gasteiger charge is 2.25. The van der Waals surface area contributed by atoms with Crippen molar-refractivity contribution in [3.8, 4) is 11.6 Å². The van der Waals surface area contributed by atoms with E-state index in [1.807, 2.05) is 82.3 Å². The topological polar surface area (TPSA) is 84.5 Å². The molecule has 8 nitrogen and oxygen atoms in total. The molecule has 0 N–H and O–H groups in total. The van der Waals surface area contributed by atoms with Gasteiger partial charge in [0.25, 0.3) is 5.91 Å². The maximum Gasteiger partial charge on any atom is 0.253 e. The normalized spacial score (nSPS) is 13.7. The monoisotopic (exact) mass is 487 g/mol. The average molecular weight is 488 g/mol. The van der Waals surface area contributed by atoms with E-state index in [0.29, 0.717) is 55.0 Å². The zero-order valence-electron chi connectivity index (χ0n) is 19.1. The SMILES string of the molecule is O=C(CSc1nnc(-c2ccco2)n1Cc1ccccc1)N1CCN(C(=O)c2ccccc2)CC1. The quantitative estimate of drug-likeness (QED) is 0.370. The molecule has 1 aliphatic rings. The number of nitrogens with zero attached hydrogens (tertiary/aromatic N) is 5. The third kappa shape index (κ3) is 5.30. The van der Waals surface area contributed by atoms with Crippen molar-refractivity contribution >= 4 is 23.6 Å². The van der Waals surface area contributed by atoms with Crippen molar-refractivity contribution in [2.24, 2.45) is 0 Å². The largest absolute Gasteiger partial charge is 0.461 e. The summed E-state index contributed by atoms with van der Waals surface area (Å²) in [7, 11) is 0. The number of piperazine rings is 1. The summed E-state index contributed by atoms with van der Waals surface area (Å²) in [4.78, 5) is 29.2. The van der Waals surface area contributed by atoms with E-state index in [0.717, 1.165) is 5.56 Å². The Bertz CT molecular complexity index is 1270. The van der Waals surface area contributed by atoms with E-state index < -0.39 is 0 Å². The molecule has 0 spiro atoms. The van der Waals surface area contributed by atoms with Crippen LogP contribution in [0.25, 0.3) is 11.6 Å². The number of carbonyl (C=O) groups excluding carboxylic acids is 2. The van der Waals surface area contributed by atoms with Crippen molar-refractivity contribution < 1.29 is 14.0 Å². The van der Waals surface area contributed by atoms with Gasteiger partial charge in [-0.2, -0.15) is 0 Å². The Morgan fingerprint density at radius 2 is 1.51 bits per heavy atom. The summed E-state index contributed by atoms with van der Waals surface area (Å²) >= 11 is 1.37. The van der Waals surface area contributed by atoms with Crippen molar-refractivity contribution in [3.05, 3.63) is 90.2 Å². The molecule has 4 aromatic rings. The second-order valence-electron chi connectivity index (χ2n) is 8.18. The molecule has 0 atom stereocenters. The maximum atomic E-state index is 12.9. The summed E-state index contributed by atoms with van der Waals surface area (Å²) < 4.78 is 7.53. The molecule has 0 saturated carbocycles. The Balaban J connectivity index is 1.22. The van der Waals surface area contributed by atoms with Crippen molar-refractivity contribution in [1.29, 1.82) is 0 Å². The molecule has 0 aliphatic carbocycles. The minimum atomic E-state index is 0.00606. The van der Waals surface area contributed by atoms with Crippen molar-refractivity contribution in [1.82, 2.24) is 24.6 Å². The highest BCUT2D eigenvalue weighted by atomic mass is 32.2. The van der Waals surface area contributed by atoms with Crippen molar-refractivity contribution in [2.75, 3.05) is 31.9 Å². The van der Waals surface area contributed by atoms with Gasteiger partial charge in [-0.15, -0.1) is 10.2 Å². The maximum absolute atomic E-state index is 12.9. The molecule has 2 aromatic carbocycles. The molecule has 35 heavy (non-hydrogen) atoms. The van der Waals surface area contributed by atoms with Gasteiger partial charge >= 0.3 is 0 Å².